The van der Waals surface area contributed by atoms with Crippen LogP contribution in [-0.4, -0.2) is 22.6 Å². The number of nitrogens with one attached hydrogen (secondary N) is 1. The number of carbonyl (C=O) groups excluding carboxylic acids is 1. The molecule has 23 heavy (non-hydrogen) atoms. The van der Waals surface area contributed by atoms with E-state index in [1.807, 2.05) is 20.8 Å². The van der Waals surface area contributed by atoms with Gasteiger partial charge in [-0.3, -0.25) is 4.90 Å². The number of hydrogen-bond acceptors (Lipinski definition) is 3. The van der Waals surface area contributed by atoms with Crippen LogP contribution in [0.25, 0.3) is 0 Å². The number of hydrogen-bond donors (Lipinski definition) is 1. The average Bonchev–Trinajstić information content (AvgIpc) is 2.85. The number of carbonyl (C=O) groups is 1. The molecule has 0 aromatic heterocycles. The van der Waals surface area contributed by atoms with Gasteiger partial charge < -0.3 is 10.1 Å². The van der Waals surface area contributed by atoms with Crippen molar-refractivity contribution in [3.05, 3.63) is 34.9 Å². The van der Waals surface area contributed by atoms with Gasteiger partial charge in [-0.15, -0.1) is 0 Å². The van der Waals surface area contributed by atoms with Crippen LogP contribution in [0.2, 0.25) is 0 Å². The molecule has 4 heteroatoms. The van der Waals surface area contributed by atoms with Crippen molar-refractivity contribution < 1.29 is 9.53 Å². The predicted molar refractivity (Wildman–Crippen MR) is 93.1 cm³/mol. The Morgan fingerprint density at radius 3 is 2.48 bits per heavy atom. The largest absolute Gasteiger partial charge is 0.444 e. The molecular formula is C19H30N2O2. The SMILES string of the molecule is CC(C)C(C)NCc1ccc2c(c1)CN(C(=O)OC(C)(C)C)C2. The second-order valence-corrected chi connectivity index (χ2v) is 7.85. The van der Waals surface area contributed by atoms with E-state index in [4.69, 9.17) is 4.74 Å². The molecule has 1 unspecified atom stereocenters. The highest BCUT2D eigenvalue weighted by atomic mass is 16.6. The molecule has 2 rings (SSSR count). The minimum absolute atomic E-state index is 0.234. The lowest BCUT2D eigenvalue weighted by Gasteiger charge is -2.24. The van der Waals surface area contributed by atoms with Gasteiger partial charge in [0, 0.05) is 25.7 Å². The molecular weight excluding hydrogens is 288 g/mol. The zero-order valence-corrected chi connectivity index (χ0v) is 15.3. The fourth-order valence-electron chi connectivity index (χ4n) is 2.53. The molecule has 0 saturated heterocycles. The standard InChI is InChI=1S/C19H30N2O2/c1-13(2)14(3)20-10-15-7-8-16-11-21(12-17(16)9-15)18(22)23-19(4,5)6/h7-9,13-14,20H,10-12H2,1-6H3. The van der Waals surface area contributed by atoms with Crippen LogP contribution in [0, 0.1) is 5.92 Å². The van der Waals surface area contributed by atoms with Crippen molar-refractivity contribution >= 4 is 6.09 Å². The molecule has 0 fully saturated rings. The lowest BCUT2D eigenvalue weighted by molar-refractivity contribution is 0.0242. The van der Waals surface area contributed by atoms with Gasteiger partial charge in [0.2, 0.25) is 0 Å². The fourth-order valence-corrected chi connectivity index (χ4v) is 2.53. The van der Waals surface area contributed by atoms with E-state index < -0.39 is 5.60 Å². The maximum Gasteiger partial charge on any atom is 0.410 e. The molecule has 0 aliphatic carbocycles. The summed E-state index contributed by atoms with van der Waals surface area (Å²) in [5.74, 6) is 0.618. The third-order valence-electron chi connectivity index (χ3n) is 4.27. The second kappa shape index (κ2) is 6.91. The van der Waals surface area contributed by atoms with Gasteiger partial charge >= 0.3 is 6.09 Å². The maximum atomic E-state index is 12.2. The second-order valence-electron chi connectivity index (χ2n) is 7.85. The van der Waals surface area contributed by atoms with Crippen molar-refractivity contribution in [2.75, 3.05) is 0 Å². The van der Waals surface area contributed by atoms with Crippen molar-refractivity contribution in [2.45, 2.75) is 72.8 Å². The Morgan fingerprint density at radius 2 is 1.87 bits per heavy atom. The minimum atomic E-state index is -0.450. The normalized spacial score (nSPS) is 15.7. The molecule has 0 bridgehead atoms. The number of fused-ring (bicyclic) bond motifs is 1. The molecule has 1 aromatic carbocycles. The van der Waals surface area contributed by atoms with Crippen LogP contribution < -0.4 is 5.32 Å². The van der Waals surface area contributed by atoms with Gasteiger partial charge in [0.25, 0.3) is 0 Å². The van der Waals surface area contributed by atoms with E-state index in [9.17, 15) is 4.79 Å². The van der Waals surface area contributed by atoms with Crippen molar-refractivity contribution in [3.8, 4) is 0 Å². The van der Waals surface area contributed by atoms with Crippen LogP contribution >= 0.6 is 0 Å². The lowest BCUT2D eigenvalue weighted by Crippen LogP contribution is -2.33. The van der Waals surface area contributed by atoms with Crippen molar-refractivity contribution in [1.29, 1.82) is 0 Å². The highest BCUT2D eigenvalue weighted by Gasteiger charge is 2.27. The van der Waals surface area contributed by atoms with Crippen LogP contribution in [0.1, 0.15) is 58.2 Å². The van der Waals surface area contributed by atoms with Crippen LogP contribution in [0.4, 0.5) is 4.79 Å². The van der Waals surface area contributed by atoms with Crippen LogP contribution in [0.3, 0.4) is 0 Å². The maximum absolute atomic E-state index is 12.2. The van der Waals surface area contributed by atoms with Crippen LogP contribution in [0.15, 0.2) is 18.2 Å². The number of benzene rings is 1. The predicted octanol–water partition coefficient (Wildman–Crippen LogP) is 4.07. The monoisotopic (exact) mass is 318 g/mol. The molecule has 1 aliphatic rings. The Morgan fingerprint density at radius 1 is 1.22 bits per heavy atom. The van der Waals surface area contributed by atoms with Gasteiger partial charge in [-0.25, -0.2) is 4.79 Å². The van der Waals surface area contributed by atoms with Crippen LogP contribution in [-0.2, 0) is 24.4 Å². The highest BCUT2D eigenvalue weighted by molar-refractivity contribution is 5.69. The molecule has 0 radical (unpaired) electrons. The van der Waals surface area contributed by atoms with Gasteiger partial charge in [-0.1, -0.05) is 32.0 Å². The first-order chi connectivity index (χ1) is 10.7. The Bertz CT molecular complexity index is 561. The first-order valence-corrected chi connectivity index (χ1v) is 8.47. The molecule has 0 saturated carbocycles. The Kier molecular flexibility index (Phi) is 5.35. The van der Waals surface area contributed by atoms with E-state index >= 15 is 0 Å². The number of nitrogens with zero attached hydrogens (tertiary/aromatic N) is 1. The fraction of sp³-hybridized carbons (Fsp3) is 0.632. The van der Waals surface area contributed by atoms with Gasteiger partial charge in [0.1, 0.15) is 5.60 Å². The summed E-state index contributed by atoms with van der Waals surface area (Å²) < 4.78 is 5.46. The van der Waals surface area contributed by atoms with Crippen LogP contribution in [0.5, 0.6) is 0 Å². The molecule has 1 heterocycles. The first-order valence-electron chi connectivity index (χ1n) is 8.47. The van der Waals surface area contributed by atoms with Gasteiger partial charge in [-0.05, 0) is 50.3 Å². The Balaban J connectivity index is 1.97. The molecule has 4 nitrogen and oxygen atoms in total. The van der Waals surface area contributed by atoms with E-state index in [0.717, 1.165) is 6.54 Å². The Hall–Kier alpha value is -1.55. The van der Waals surface area contributed by atoms with Crippen molar-refractivity contribution in [2.24, 2.45) is 5.92 Å². The smallest absolute Gasteiger partial charge is 0.410 e. The summed E-state index contributed by atoms with van der Waals surface area (Å²) in [5.41, 5.74) is 3.26. The van der Waals surface area contributed by atoms with Crippen molar-refractivity contribution in [3.63, 3.8) is 0 Å². The quantitative estimate of drug-likeness (QED) is 0.910. The van der Waals surface area contributed by atoms with E-state index in [2.05, 4.69) is 44.3 Å². The van der Waals surface area contributed by atoms with Gasteiger partial charge in [-0.2, -0.15) is 0 Å². The number of rotatable bonds is 4. The zero-order valence-electron chi connectivity index (χ0n) is 15.3. The zero-order chi connectivity index (χ0) is 17.2. The Labute approximate surface area is 140 Å². The third-order valence-corrected chi connectivity index (χ3v) is 4.27. The summed E-state index contributed by atoms with van der Waals surface area (Å²) in [7, 11) is 0. The molecule has 1 N–H and O–H groups in total. The number of ether oxygens (including phenoxy) is 1. The summed E-state index contributed by atoms with van der Waals surface area (Å²) in [6, 6.07) is 6.98. The highest BCUT2D eigenvalue weighted by Crippen LogP contribution is 2.25. The van der Waals surface area contributed by atoms with E-state index in [1.54, 1.807) is 4.90 Å². The van der Waals surface area contributed by atoms with E-state index in [-0.39, 0.29) is 6.09 Å². The molecule has 1 atom stereocenters. The topological polar surface area (TPSA) is 41.6 Å². The average molecular weight is 318 g/mol. The molecule has 1 aromatic rings. The van der Waals surface area contributed by atoms with E-state index in [0.29, 0.717) is 25.0 Å². The molecule has 128 valence electrons. The van der Waals surface area contributed by atoms with Gasteiger partial charge in [0.15, 0.2) is 0 Å². The summed E-state index contributed by atoms with van der Waals surface area (Å²) in [4.78, 5) is 14.0. The third kappa shape index (κ3) is 4.96. The summed E-state index contributed by atoms with van der Waals surface area (Å²) >= 11 is 0. The summed E-state index contributed by atoms with van der Waals surface area (Å²) in [6.45, 7) is 14.5. The summed E-state index contributed by atoms with van der Waals surface area (Å²) in [5, 5.41) is 3.55. The van der Waals surface area contributed by atoms with Gasteiger partial charge in [0.05, 0.1) is 0 Å². The van der Waals surface area contributed by atoms with Crippen molar-refractivity contribution in [1.82, 2.24) is 10.2 Å². The molecule has 1 aliphatic heterocycles. The first kappa shape index (κ1) is 17.8. The minimum Gasteiger partial charge on any atom is -0.444 e. The van der Waals surface area contributed by atoms with E-state index in [1.165, 1.54) is 16.7 Å². The number of amides is 1. The molecule has 1 amide bonds. The molecule has 0 spiro atoms. The lowest BCUT2D eigenvalue weighted by atomic mass is 10.0. The summed E-state index contributed by atoms with van der Waals surface area (Å²) in [6.07, 6.45) is -0.234.